The van der Waals surface area contributed by atoms with E-state index in [-0.39, 0.29) is 28.0 Å². The van der Waals surface area contributed by atoms with Crippen LogP contribution in [-0.2, 0) is 0 Å². The number of hydrogen-bond donors (Lipinski definition) is 1. The van der Waals surface area contributed by atoms with E-state index >= 15 is 0 Å². The molecule has 21 heavy (non-hydrogen) atoms. The molecule has 0 saturated heterocycles. The molecule has 5 nitrogen and oxygen atoms in total. The molecule has 0 amide bonds. The molecule has 1 aromatic heterocycles. The average molecular weight is 321 g/mol. The summed E-state index contributed by atoms with van der Waals surface area (Å²) in [4.78, 5) is 22.7. The van der Waals surface area contributed by atoms with Gasteiger partial charge >= 0.3 is 6.18 Å². The molecular formula is C12H12ClF3N4O. The zero-order valence-corrected chi connectivity index (χ0v) is 12.0. The van der Waals surface area contributed by atoms with Gasteiger partial charge in [0.15, 0.2) is 11.6 Å². The fraction of sp³-hybridized carbons (Fsp3) is 0.333. The number of carbonyl (C=O) groups excluding carboxylic acids is 1. The summed E-state index contributed by atoms with van der Waals surface area (Å²) < 4.78 is 36.7. The van der Waals surface area contributed by atoms with E-state index in [1.54, 1.807) is 0 Å². The molecule has 0 atom stereocenters. The Hall–Kier alpha value is -1.96. The molecule has 9 heteroatoms. The zero-order valence-electron chi connectivity index (χ0n) is 11.2. The summed E-state index contributed by atoms with van der Waals surface area (Å²) in [6.07, 6.45) is -5.88. The van der Waals surface area contributed by atoms with Gasteiger partial charge in [-0.05, 0) is 19.1 Å². The van der Waals surface area contributed by atoms with Crippen molar-refractivity contribution in [1.29, 1.82) is 0 Å². The third-order valence-electron chi connectivity index (χ3n) is 2.30. The standard InChI is InChI=1S/C12H12ClF3N4O/c1-6(21)7-3-4-8(13)19-10(7)11(18-2)20-9(17)5-12(14,15)16/h3-4H,5H2,1-2H3,(H2,17,18,20). The van der Waals surface area contributed by atoms with Crippen LogP contribution in [0.5, 0.6) is 0 Å². The molecule has 0 spiro atoms. The van der Waals surface area contributed by atoms with Crippen molar-refractivity contribution < 1.29 is 18.0 Å². The Kier molecular flexibility index (Phi) is 5.42. The summed E-state index contributed by atoms with van der Waals surface area (Å²) in [5.74, 6) is -1.22. The van der Waals surface area contributed by atoms with Crippen LogP contribution in [-0.4, -0.2) is 35.7 Å². The van der Waals surface area contributed by atoms with Gasteiger partial charge in [-0.15, -0.1) is 0 Å². The minimum Gasteiger partial charge on any atom is -0.387 e. The molecule has 0 bridgehead atoms. The molecule has 1 heterocycles. The van der Waals surface area contributed by atoms with Gasteiger partial charge < -0.3 is 5.73 Å². The van der Waals surface area contributed by atoms with Gasteiger partial charge in [-0.1, -0.05) is 11.6 Å². The fourth-order valence-corrected chi connectivity index (χ4v) is 1.63. The largest absolute Gasteiger partial charge is 0.396 e. The maximum Gasteiger partial charge on any atom is 0.396 e. The summed E-state index contributed by atoms with van der Waals surface area (Å²) >= 11 is 5.73. The number of aliphatic imine (C=N–C) groups is 2. The molecule has 0 radical (unpaired) electrons. The molecule has 0 aromatic carbocycles. The van der Waals surface area contributed by atoms with Crippen LogP contribution in [0.25, 0.3) is 0 Å². The third kappa shape index (κ3) is 5.14. The number of aromatic nitrogens is 1. The van der Waals surface area contributed by atoms with Gasteiger partial charge in [-0.2, -0.15) is 13.2 Å². The van der Waals surface area contributed by atoms with Crippen molar-refractivity contribution in [2.45, 2.75) is 19.5 Å². The summed E-state index contributed by atoms with van der Waals surface area (Å²) in [5.41, 5.74) is 5.37. The van der Waals surface area contributed by atoms with Crippen LogP contribution in [0.4, 0.5) is 13.2 Å². The highest BCUT2D eigenvalue weighted by Gasteiger charge is 2.29. The topological polar surface area (TPSA) is 80.7 Å². The lowest BCUT2D eigenvalue weighted by Crippen LogP contribution is -2.24. The molecule has 2 N–H and O–H groups in total. The highest BCUT2D eigenvalue weighted by Crippen LogP contribution is 2.20. The van der Waals surface area contributed by atoms with E-state index in [4.69, 9.17) is 17.3 Å². The number of Topliss-reactive ketones (excluding diaryl/α,β-unsaturated/α-hetero) is 1. The second-order valence-corrected chi connectivity index (χ2v) is 4.42. The summed E-state index contributed by atoms with van der Waals surface area (Å²) in [5, 5.41) is 0.0562. The van der Waals surface area contributed by atoms with E-state index in [1.165, 1.54) is 26.1 Å². The summed E-state index contributed by atoms with van der Waals surface area (Å²) in [6.45, 7) is 1.28. The lowest BCUT2D eigenvalue weighted by atomic mass is 10.1. The van der Waals surface area contributed by atoms with Crippen molar-refractivity contribution in [3.05, 3.63) is 28.5 Å². The Balaban J connectivity index is 3.26. The first-order chi connectivity index (χ1) is 9.64. The Morgan fingerprint density at radius 1 is 1.43 bits per heavy atom. The molecule has 0 aliphatic heterocycles. The second kappa shape index (κ2) is 6.66. The first-order valence-electron chi connectivity index (χ1n) is 5.68. The van der Waals surface area contributed by atoms with Crippen molar-refractivity contribution in [3.8, 4) is 0 Å². The Morgan fingerprint density at radius 3 is 2.52 bits per heavy atom. The third-order valence-corrected chi connectivity index (χ3v) is 2.51. The minimum absolute atomic E-state index is 0.0115. The number of nitrogens with zero attached hydrogens (tertiary/aromatic N) is 3. The number of rotatable bonds is 3. The van der Waals surface area contributed by atoms with Crippen molar-refractivity contribution in [1.82, 2.24) is 4.98 Å². The quantitative estimate of drug-likeness (QED) is 0.402. The maximum absolute atomic E-state index is 12.2. The van der Waals surface area contributed by atoms with Crippen LogP contribution in [0.1, 0.15) is 29.4 Å². The number of hydrogen-bond acceptors (Lipinski definition) is 3. The number of carbonyl (C=O) groups is 1. The predicted octanol–water partition coefficient (Wildman–Crippen LogP) is 2.62. The first kappa shape index (κ1) is 17.1. The SMILES string of the molecule is CN=C(N=C(N)CC(F)(F)F)c1nc(Cl)ccc1C(C)=O. The highest BCUT2D eigenvalue weighted by molar-refractivity contribution is 6.29. The highest BCUT2D eigenvalue weighted by atomic mass is 35.5. The molecule has 0 aliphatic rings. The number of ketones is 1. The zero-order chi connectivity index (χ0) is 16.2. The number of halogens is 4. The van der Waals surface area contributed by atoms with Crippen LogP contribution in [0.3, 0.4) is 0 Å². The van der Waals surface area contributed by atoms with Gasteiger partial charge in [0.1, 0.15) is 23.1 Å². The lowest BCUT2D eigenvalue weighted by molar-refractivity contribution is -0.121. The number of alkyl halides is 3. The molecule has 0 aliphatic carbocycles. The van der Waals surface area contributed by atoms with Crippen LogP contribution in [0.15, 0.2) is 22.1 Å². The van der Waals surface area contributed by atoms with Crippen molar-refractivity contribution in [2.24, 2.45) is 15.7 Å². The Morgan fingerprint density at radius 2 is 2.05 bits per heavy atom. The van der Waals surface area contributed by atoms with E-state index in [0.717, 1.165) is 0 Å². The normalized spacial score (nSPS) is 13.4. The molecular weight excluding hydrogens is 309 g/mol. The predicted molar refractivity (Wildman–Crippen MR) is 74.0 cm³/mol. The number of pyridine rings is 1. The molecule has 0 unspecified atom stereocenters. The van der Waals surface area contributed by atoms with Gasteiger partial charge in [0.25, 0.3) is 0 Å². The summed E-state index contributed by atoms with van der Waals surface area (Å²) in [6, 6.07) is 2.78. The van der Waals surface area contributed by atoms with Gasteiger partial charge in [0.05, 0.1) is 0 Å². The Bertz CT molecular complexity index is 611. The summed E-state index contributed by atoms with van der Waals surface area (Å²) in [7, 11) is 1.30. The van der Waals surface area contributed by atoms with Crippen molar-refractivity contribution in [2.75, 3.05) is 7.05 Å². The van der Waals surface area contributed by atoms with Crippen molar-refractivity contribution in [3.63, 3.8) is 0 Å². The molecule has 0 saturated carbocycles. The maximum atomic E-state index is 12.2. The van der Waals surface area contributed by atoms with Crippen LogP contribution >= 0.6 is 11.6 Å². The minimum atomic E-state index is -4.49. The number of nitrogens with two attached hydrogens (primary N) is 1. The van der Waals surface area contributed by atoms with Gasteiger partial charge in [-0.3, -0.25) is 9.79 Å². The van der Waals surface area contributed by atoms with E-state index < -0.39 is 18.4 Å². The van der Waals surface area contributed by atoms with Gasteiger partial charge in [0.2, 0.25) is 0 Å². The van der Waals surface area contributed by atoms with E-state index in [1.807, 2.05) is 0 Å². The van der Waals surface area contributed by atoms with E-state index in [9.17, 15) is 18.0 Å². The van der Waals surface area contributed by atoms with Crippen molar-refractivity contribution >= 4 is 29.1 Å². The molecule has 0 fully saturated rings. The molecule has 1 aromatic rings. The van der Waals surface area contributed by atoms with Gasteiger partial charge in [0, 0.05) is 12.6 Å². The molecule has 1 rings (SSSR count). The van der Waals surface area contributed by atoms with E-state index in [2.05, 4.69) is 15.0 Å². The lowest BCUT2D eigenvalue weighted by Gasteiger charge is -2.08. The smallest absolute Gasteiger partial charge is 0.387 e. The second-order valence-electron chi connectivity index (χ2n) is 4.03. The van der Waals surface area contributed by atoms with Crippen LogP contribution in [0.2, 0.25) is 5.15 Å². The van der Waals surface area contributed by atoms with Crippen LogP contribution < -0.4 is 5.73 Å². The van der Waals surface area contributed by atoms with Crippen LogP contribution in [0, 0.1) is 0 Å². The Labute approximate surface area is 123 Å². The monoisotopic (exact) mass is 320 g/mol. The first-order valence-corrected chi connectivity index (χ1v) is 6.06. The average Bonchev–Trinajstić information content (AvgIpc) is 2.33. The van der Waals surface area contributed by atoms with Gasteiger partial charge in [-0.25, -0.2) is 9.98 Å². The molecule has 114 valence electrons. The number of amidine groups is 2. The fourth-order valence-electron chi connectivity index (χ4n) is 1.48. The van der Waals surface area contributed by atoms with E-state index in [0.29, 0.717) is 0 Å².